The fraction of sp³-hybridized carbons (Fsp3) is 0.293. The Bertz CT molecular complexity index is 2940. The van der Waals surface area contributed by atoms with Gasteiger partial charge in [0.1, 0.15) is 51.6 Å². The van der Waals surface area contributed by atoms with Crippen molar-refractivity contribution in [3.8, 4) is 5.82 Å². The molecule has 0 aliphatic heterocycles. The highest BCUT2D eigenvalue weighted by Gasteiger charge is 2.33. The number of hydrogen-bond acceptors (Lipinski definition) is 13. The van der Waals surface area contributed by atoms with Crippen LogP contribution in [0.4, 0.5) is 34.6 Å². The van der Waals surface area contributed by atoms with Crippen molar-refractivity contribution in [3.05, 3.63) is 116 Å². The fourth-order valence-electron chi connectivity index (χ4n) is 7.58. The minimum Gasteiger partial charge on any atom is -0.373 e. The van der Waals surface area contributed by atoms with Gasteiger partial charge in [0.15, 0.2) is 11.3 Å². The molecule has 0 saturated heterocycles. The van der Waals surface area contributed by atoms with E-state index < -0.39 is 0 Å². The lowest BCUT2D eigenvalue weighted by Crippen LogP contribution is -2.43. The van der Waals surface area contributed by atoms with Crippen molar-refractivity contribution >= 4 is 57.8 Å². The second kappa shape index (κ2) is 15.3. The summed E-state index contributed by atoms with van der Waals surface area (Å²) in [5.74, 6) is 1.85. The van der Waals surface area contributed by atoms with E-state index in [1.54, 1.807) is 62.2 Å². The van der Waals surface area contributed by atoms with Gasteiger partial charge in [-0.2, -0.15) is 19.2 Å². The predicted molar refractivity (Wildman–Crippen MR) is 226 cm³/mol. The van der Waals surface area contributed by atoms with Gasteiger partial charge in [-0.1, -0.05) is 6.07 Å². The molecular formula is C41H43N15O4. The minimum atomic E-state index is -0.335. The lowest BCUT2D eigenvalue weighted by atomic mass is 9.76. The summed E-state index contributed by atoms with van der Waals surface area (Å²) in [6, 6.07) is 14.1. The molecule has 0 aromatic carbocycles. The Kier molecular flexibility index (Phi) is 9.69. The van der Waals surface area contributed by atoms with Gasteiger partial charge < -0.3 is 36.5 Å². The van der Waals surface area contributed by atoms with Crippen LogP contribution in [0.25, 0.3) is 17.1 Å². The molecule has 9 rings (SSSR count). The van der Waals surface area contributed by atoms with Gasteiger partial charge in [-0.3, -0.25) is 23.7 Å². The Labute approximate surface area is 342 Å². The number of anilines is 6. The minimum absolute atomic E-state index is 0.0706. The molecule has 0 bridgehead atoms. The summed E-state index contributed by atoms with van der Waals surface area (Å²) in [6.45, 7) is 1.86. The highest BCUT2D eigenvalue weighted by atomic mass is 16.2. The van der Waals surface area contributed by atoms with E-state index in [9.17, 15) is 19.2 Å². The molecule has 7 aromatic heterocycles. The number of aryl methyl sites for hydroxylation is 2. The molecule has 2 aliphatic carbocycles. The number of nitrogens with one attached hydrogen (secondary N) is 6. The fourth-order valence-corrected chi connectivity index (χ4v) is 7.58. The van der Waals surface area contributed by atoms with E-state index in [0.717, 1.165) is 30.5 Å². The lowest BCUT2D eigenvalue weighted by Gasteiger charge is -2.36. The van der Waals surface area contributed by atoms with Crippen LogP contribution < -0.4 is 43.0 Å². The summed E-state index contributed by atoms with van der Waals surface area (Å²) < 4.78 is 6.07. The maximum atomic E-state index is 13.7. The SMILES string of the molecule is CNc1cc(Nc2cc(C3CC(NC(=O)c4cnn5c(NC)cc(Nc6cccn(-c7cccc(C)n7)c6=O)nc45)C3)cn(C)c2=O)nc2c(C(=O)NC3CCC3)cnn12. The summed E-state index contributed by atoms with van der Waals surface area (Å²) in [6.07, 6.45) is 10.7. The second-order valence-electron chi connectivity index (χ2n) is 15.2. The first-order valence-electron chi connectivity index (χ1n) is 19.7. The predicted octanol–water partition coefficient (Wildman–Crippen LogP) is 3.85. The summed E-state index contributed by atoms with van der Waals surface area (Å²) >= 11 is 0. The van der Waals surface area contributed by atoms with E-state index >= 15 is 0 Å². The largest absolute Gasteiger partial charge is 0.373 e. The maximum Gasteiger partial charge on any atom is 0.279 e. The summed E-state index contributed by atoms with van der Waals surface area (Å²) in [4.78, 5) is 67.5. The topological polar surface area (TPSA) is 224 Å². The number of aromatic nitrogens is 9. The molecule has 19 nitrogen and oxygen atoms in total. The second-order valence-corrected chi connectivity index (χ2v) is 15.2. The van der Waals surface area contributed by atoms with E-state index in [1.807, 2.05) is 31.3 Å². The molecule has 2 amide bonds. The molecule has 2 saturated carbocycles. The number of carbonyl (C=O) groups is 2. The van der Waals surface area contributed by atoms with Crippen LogP contribution in [-0.2, 0) is 7.05 Å². The molecule has 6 N–H and O–H groups in total. The number of nitrogens with zero attached hydrogens (tertiary/aromatic N) is 9. The molecule has 2 fully saturated rings. The van der Waals surface area contributed by atoms with Crippen LogP contribution in [0.2, 0.25) is 0 Å². The van der Waals surface area contributed by atoms with Gasteiger partial charge >= 0.3 is 0 Å². The Balaban J connectivity index is 0.902. The van der Waals surface area contributed by atoms with Crippen LogP contribution in [0.3, 0.4) is 0 Å². The van der Waals surface area contributed by atoms with Crippen LogP contribution in [-0.4, -0.2) is 81.3 Å². The Morgan fingerprint density at radius 3 is 1.93 bits per heavy atom. The van der Waals surface area contributed by atoms with Crippen molar-refractivity contribution < 1.29 is 9.59 Å². The van der Waals surface area contributed by atoms with E-state index in [-0.39, 0.29) is 52.2 Å². The highest BCUT2D eigenvalue weighted by molar-refractivity contribution is 6.01. The Morgan fingerprint density at radius 2 is 1.35 bits per heavy atom. The third-order valence-electron chi connectivity index (χ3n) is 11.1. The number of carbonyl (C=O) groups excluding carboxylic acids is 2. The summed E-state index contributed by atoms with van der Waals surface area (Å²) in [5, 5.41) is 27.5. The van der Waals surface area contributed by atoms with Gasteiger partial charge in [-0.05, 0) is 80.8 Å². The van der Waals surface area contributed by atoms with Crippen molar-refractivity contribution in [3.63, 3.8) is 0 Å². The number of hydrogen-bond donors (Lipinski definition) is 6. The zero-order valence-electron chi connectivity index (χ0n) is 33.4. The van der Waals surface area contributed by atoms with Gasteiger partial charge in [0.25, 0.3) is 22.9 Å². The first-order chi connectivity index (χ1) is 29.1. The highest BCUT2D eigenvalue weighted by Crippen LogP contribution is 2.38. The van der Waals surface area contributed by atoms with Crippen LogP contribution in [0.15, 0.2) is 82.9 Å². The van der Waals surface area contributed by atoms with Gasteiger partial charge in [0.2, 0.25) is 0 Å². The Morgan fingerprint density at radius 1 is 0.733 bits per heavy atom. The molecule has 0 atom stereocenters. The van der Waals surface area contributed by atoms with Crippen molar-refractivity contribution in [1.82, 2.24) is 53.9 Å². The molecule has 19 heteroatoms. The van der Waals surface area contributed by atoms with E-state index in [4.69, 9.17) is 9.97 Å². The Hall–Kier alpha value is -7.57. The molecule has 0 spiro atoms. The quantitative estimate of drug-likeness (QED) is 0.103. The lowest BCUT2D eigenvalue weighted by molar-refractivity contribution is 0.0904. The number of amides is 2. The zero-order chi connectivity index (χ0) is 41.7. The van der Waals surface area contributed by atoms with Gasteiger partial charge in [-0.25, -0.2) is 15.0 Å². The van der Waals surface area contributed by atoms with Gasteiger partial charge in [0, 0.05) is 63.4 Å². The van der Waals surface area contributed by atoms with E-state index in [2.05, 4.69) is 47.1 Å². The van der Waals surface area contributed by atoms with Crippen molar-refractivity contribution in [2.45, 2.75) is 57.0 Å². The maximum absolute atomic E-state index is 13.7. The summed E-state index contributed by atoms with van der Waals surface area (Å²) in [5.41, 5.74) is 3.03. The molecule has 0 unspecified atom stereocenters. The van der Waals surface area contributed by atoms with Crippen molar-refractivity contribution in [2.24, 2.45) is 7.05 Å². The van der Waals surface area contributed by atoms with Gasteiger partial charge in [-0.15, -0.1) is 0 Å². The zero-order valence-corrected chi connectivity index (χ0v) is 33.4. The monoisotopic (exact) mass is 809 g/mol. The smallest absolute Gasteiger partial charge is 0.279 e. The van der Waals surface area contributed by atoms with Gasteiger partial charge in [0.05, 0.1) is 12.4 Å². The average Bonchev–Trinajstić information content (AvgIpc) is 3.84. The van der Waals surface area contributed by atoms with Crippen molar-refractivity contribution in [2.75, 3.05) is 35.4 Å². The molecule has 0 radical (unpaired) electrons. The normalized spacial score (nSPS) is 16.2. The summed E-state index contributed by atoms with van der Waals surface area (Å²) in [7, 11) is 5.17. The average molecular weight is 810 g/mol. The number of fused-ring (bicyclic) bond motifs is 2. The molecule has 60 heavy (non-hydrogen) atoms. The van der Waals surface area contributed by atoms with E-state index in [1.165, 1.54) is 26.0 Å². The molecule has 7 heterocycles. The first kappa shape index (κ1) is 38.0. The van der Waals surface area contributed by atoms with Crippen LogP contribution >= 0.6 is 0 Å². The number of pyridine rings is 3. The first-order valence-corrected chi connectivity index (χ1v) is 19.7. The van der Waals surface area contributed by atoms with Crippen LogP contribution in [0.1, 0.15) is 70.0 Å². The number of rotatable bonds is 12. The molecule has 2 aliphatic rings. The van der Waals surface area contributed by atoms with Crippen molar-refractivity contribution in [1.29, 1.82) is 0 Å². The standard InChI is InChI=1S/C41H43N15O4/c1-22-8-5-12-33(46-22)54-13-7-11-29(41(54)60)49-31-17-34(42-2)55-37(51-31)28(20-45-55)39(58)48-26-14-23(15-26)24-16-30(40(59)53(4)21-24)50-32-18-35(43-3)56-36(52-32)27(19-44-56)38(57)47-25-9-6-10-25/h5,7-8,11-13,16-21,23,25-26,42-43H,6,9-10,14-15H2,1-4H3,(H,47,57)(H,48,58)(H,49,51)(H,50,52). The molecular weight excluding hydrogens is 767 g/mol. The third kappa shape index (κ3) is 7.03. The third-order valence-corrected chi connectivity index (χ3v) is 11.1. The van der Waals surface area contributed by atoms with Crippen LogP contribution in [0.5, 0.6) is 0 Å². The van der Waals surface area contributed by atoms with E-state index in [0.29, 0.717) is 64.5 Å². The molecule has 306 valence electrons. The van der Waals surface area contributed by atoms with Crippen LogP contribution in [0, 0.1) is 6.92 Å². The molecule has 7 aromatic rings.